The Labute approximate surface area is 202 Å². The summed E-state index contributed by atoms with van der Waals surface area (Å²) in [5, 5.41) is 3.45. The van der Waals surface area contributed by atoms with Crippen LogP contribution in [0.5, 0.6) is 0 Å². The number of aryl methyl sites for hydroxylation is 3. The topological polar surface area (TPSA) is 53.6 Å². The molecule has 3 aromatic rings. The molecule has 2 N–H and O–H groups in total. The minimum atomic E-state index is -0.211. The molecule has 0 aliphatic carbocycles. The summed E-state index contributed by atoms with van der Waals surface area (Å²) in [4.78, 5) is 12.4. The third kappa shape index (κ3) is 5.08. The molecule has 4 rings (SSSR count). The molecular weight excluding hydrogens is 423 g/mol. The monoisotopic (exact) mass is 458 g/mol. The number of imidazole rings is 1. The largest absolute Gasteiger partial charge is 0.341 e. The summed E-state index contributed by atoms with van der Waals surface area (Å²) in [6.07, 6.45) is 6.02. The number of pyridine rings is 1. The number of aromatic amines is 1. The fourth-order valence-corrected chi connectivity index (χ4v) is 4.96. The Kier molecular flexibility index (Phi) is 7.48. The maximum absolute atomic E-state index is 15.6. The zero-order valence-corrected chi connectivity index (χ0v) is 21.0. The normalized spacial score (nSPS) is 15.9. The molecule has 2 aromatic heterocycles. The van der Waals surface area contributed by atoms with Crippen LogP contribution in [0, 0.1) is 50.3 Å². The van der Waals surface area contributed by atoms with E-state index in [9.17, 15) is 0 Å². The Morgan fingerprint density at radius 1 is 1.12 bits per heavy atom. The maximum Gasteiger partial charge on any atom is 0.178 e. The highest BCUT2D eigenvalue weighted by atomic mass is 19.1. The van der Waals surface area contributed by atoms with E-state index in [1.165, 1.54) is 5.57 Å². The van der Waals surface area contributed by atoms with Crippen LogP contribution in [-0.2, 0) is 0 Å². The number of allylic oxidation sites excluding steroid dienone is 1. The van der Waals surface area contributed by atoms with Crippen molar-refractivity contribution in [3.05, 3.63) is 52.1 Å². The number of fused-ring (bicyclic) bond motifs is 1. The number of hydrogen-bond acceptors (Lipinski definition) is 3. The van der Waals surface area contributed by atoms with Gasteiger partial charge in [-0.05, 0) is 88.4 Å². The van der Waals surface area contributed by atoms with Crippen molar-refractivity contribution in [2.45, 2.75) is 60.3 Å². The number of hydrogen-bond donors (Lipinski definition) is 2. The molecule has 0 saturated carbocycles. The van der Waals surface area contributed by atoms with E-state index in [1.54, 1.807) is 6.07 Å². The summed E-state index contributed by atoms with van der Waals surface area (Å²) in [6.45, 7) is 12.2. The maximum atomic E-state index is 15.6. The van der Waals surface area contributed by atoms with Gasteiger partial charge in [0.25, 0.3) is 0 Å². The summed E-state index contributed by atoms with van der Waals surface area (Å²) in [6, 6.07) is 5.66. The standard InChI is InChI=1S/C29H35FN4/c1-6-8-9-21(7-2)25(22-10-12-31-13-11-22)17-24-18(3)14-23(16-26(24)30)27-15-19(4)28-29(34-27)33-20(5)32-28/h14-17,21-22,31H,6-7,10-13H2,1-5H3,(H,32,33,34)/b25-17+. The minimum absolute atomic E-state index is 0.163. The van der Waals surface area contributed by atoms with E-state index < -0.39 is 0 Å². The summed E-state index contributed by atoms with van der Waals surface area (Å²) in [5.74, 6) is 7.94. The van der Waals surface area contributed by atoms with Crippen LogP contribution in [0.2, 0.25) is 0 Å². The predicted octanol–water partition coefficient (Wildman–Crippen LogP) is 6.51. The number of halogens is 1. The SMILES string of the molecule is CCC#CC(CC)/C(=C\c1c(C)cc(-c2cc(C)c3[nH]c(C)nc3n2)cc1F)C1CCNCC1. The Balaban J connectivity index is 1.77. The highest BCUT2D eigenvalue weighted by Crippen LogP contribution is 2.34. The molecular formula is C29H35FN4. The second kappa shape index (κ2) is 10.5. The van der Waals surface area contributed by atoms with Gasteiger partial charge in [0.05, 0.1) is 11.2 Å². The second-order valence-corrected chi connectivity index (χ2v) is 9.34. The summed E-state index contributed by atoms with van der Waals surface area (Å²) >= 11 is 0. The summed E-state index contributed by atoms with van der Waals surface area (Å²) in [5.41, 5.74) is 7.04. The van der Waals surface area contributed by atoms with Crippen molar-refractivity contribution in [3.8, 4) is 23.1 Å². The highest BCUT2D eigenvalue weighted by Gasteiger charge is 2.24. The van der Waals surface area contributed by atoms with Gasteiger partial charge >= 0.3 is 0 Å². The van der Waals surface area contributed by atoms with Crippen LogP contribution in [0.1, 0.15) is 62.0 Å². The first-order chi connectivity index (χ1) is 16.4. The van der Waals surface area contributed by atoms with Crippen LogP contribution in [0.4, 0.5) is 4.39 Å². The van der Waals surface area contributed by atoms with Gasteiger partial charge in [-0.25, -0.2) is 14.4 Å². The number of aromatic nitrogens is 3. The number of rotatable bonds is 5. The van der Waals surface area contributed by atoms with Gasteiger partial charge in [0, 0.05) is 23.5 Å². The van der Waals surface area contributed by atoms with E-state index >= 15 is 4.39 Å². The Hall–Kier alpha value is -2.97. The number of nitrogens with one attached hydrogen (secondary N) is 2. The molecule has 4 nitrogen and oxygen atoms in total. The molecule has 1 unspecified atom stereocenters. The molecule has 0 spiro atoms. The quantitative estimate of drug-likeness (QED) is 0.429. The molecule has 5 heteroatoms. The first kappa shape index (κ1) is 24.2. The third-order valence-electron chi connectivity index (χ3n) is 6.79. The van der Waals surface area contributed by atoms with E-state index in [4.69, 9.17) is 4.98 Å². The average Bonchev–Trinajstić information content (AvgIpc) is 3.21. The molecule has 1 atom stereocenters. The van der Waals surface area contributed by atoms with Gasteiger partial charge < -0.3 is 10.3 Å². The van der Waals surface area contributed by atoms with Gasteiger partial charge in [-0.1, -0.05) is 31.4 Å². The van der Waals surface area contributed by atoms with E-state index in [2.05, 4.69) is 47.0 Å². The van der Waals surface area contributed by atoms with Crippen LogP contribution in [0.15, 0.2) is 23.8 Å². The van der Waals surface area contributed by atoms with Gasteiger partial charge in [0.2, 0.25) is 0 Å². The molecule has 178 valence electrons. The molecule has 1 fully saturated rings. The molecule has 0 bridgehead atoms. The fourth-order valence-electron chi connectivity index (χ4n) is 4.96. The van der Waals surface area contributed by atoms with Crippen molar-refractivity contribution in [1.29, 1.82) is 0 Å². The molecule has 1 aliphatic heterocycles. The van der Waals surface area contributed by atoms with Crippen LogP contribution in [0.25, 0.3) is 28.5 Å². The Morgan fingerprint density at radius 2 is 1.88 bits per heavy atom. The van der Waals surface area contributed by atoms with Gasteiger partial charge in [-0.2, -0.15) is 0 Å². The number of nitrogens with zero attached hydrogens (tertiary/aromatic N) is 2. The van der Waals surface area contributed by atoms with Crippen molar-refractivity contribution < 1.29 is 4.39 Å². The molecule has 0 amide bonds. The van der Waals surface area contributed by atoms with Crippen molar-refractivity contribution in [2.24, 2.45) is 11.8 Å². The zero-order chi connectivity index (χ0) is 24.2. The molecule has 1 saturated heterocycles. The third-order valence-corrected chi connectivity index (χ3v) is 6.79. The Morgan fingerprint density at radius 3 is 2.56 bits per heavy atom. The van der Waals surface area contributed by atoms with E-state index in [0.717, 1.165) is 72.5 Å². The van der Waals surface area contributed by atoms with Gasteiger partial charge in [0.1, 0.15) is 11.6 Å². The van der Waals surface area contributed by atoms with Crippen molar-refractivity contribution in [3.63, 3.8) is 0 Å². The summed E-state index contributed by atoms with van der Waals surface area (Å²) in [7, 11) is 0. The first-order valence-corrected chi connectivity index (χ1v) is 12.5. The lowest BCUT2D eigenvalue weighted by molar-refractivity contribution is 0.400. The number of H-pyrrole nitrogens is 1. The first-order valence-electron chi connectivity index (χ1n) is 12.5. The summed E-state index contributed by atoms with van der Waals surface area (Å²) < 4.78 is 15.6. The lowest BCUT2D eigenvalue weighted by Gasteiger charge is -2.28. The van der Waals surface area contributed by atoms with Gasteiger partial charge in [0.15, 0.2) is 5.65 Å². The van der Waals surface area contributed by atoms with Crippen LogP contribution < -0.4 is 5.32 Å². The minimum Gasteiger partial charge on any atom is -0.341 e. The lowest BCUT2D eigenvalue weighted by atomic mass is 9.80. The van der Waals surface area contributed by atoms with Crippen LogP contribution in [0.3, 0.4) is 0 Å². The van der Waals surface area contributed by atoms with Crippen molar-refractivity contribution in [2.75, 3.05) is 13.1 Å². The second-order valence-electron chi connectivity index (χ2n) is 9.34. The molecule has 3 heterocycles. The molecule has 34 heavy (non-hydrogen) atoms. The highest BCUT2D eigenvalue weighted by molar-refractivity contribution is 5.79. The van der Waals surface area contributed by atoms with Crippen molar-refractivity contribution in [1.82, 2.24) is 20.3 Å². The molecule has 1 aromatic carbocycles. The number of benzene rings is 1. The van der Waals surface area contributed by atoms with E-state index in [-0.39, 0.29) is 11.7 Å². The smallest absolute Gasteiger partial charge is 0.178 e. The predicted molar refractivity (Wildman–Crippen MR) is 139 cm³/mol. The molecule has 1 aliphatic rings. The van der Waals surface area contributed by atoms with Crippen LogP contribution >= 0.6 is 0 Å². The molecule has 0 radical (unpaired) electrons. The van der Waals surface area contributed by atoms with Gasteiger partial charge in [-0.15, -0.1) is 5.92 Å². The van der Waals surface area contributed by atoms with E-state index in [0.29, 0.717) is 17.1 Å². The Bertz CT molecular complexity index is 1250. The van der Waals surface area contributed by atoms with E-state index in [1.807, 2.05) is 32.9 Å². The average molecular weight is 459 g/mol. The lowest BCUT2D eigenvalue weighted by Crippen LogP contribution is -2.30. The van der Waals surface area contributed by atoms with Crippen LogP contribution in [-0.4, -0.2) is 28.0 Å². The number of piperidine rings is 1. The fraction of sp³-hybridized carbons (Fsp3) is 0.448. The zero-order valence-electron chi connectivity index (χ0n) is 21.0. The van der Waals surface area contributed by atoms with Gasteiger partial charge in [-0.3, -0.25) is 0 Å². The van der Waals surface area contributed by atoms with Crippen molar-refractivity contribution >= 4 is 17.2 Å².